The van der Waals surface area contributed by atoms with Crippen molar-refractivity contribution < 1.29 is 23.0 Å². The molecule has 0 radical (unpaired) electrons. The fourth-order valence-electron chi connectivity index (χ4n) is 3.27. The van der Waals surface area contributed by atoms with E-state index >= 15 is 0 Å². The number of pyridine rings is 1. The fraction of sp³-hybridized carbons (Fsp3) is 0.389. The Morgan fingerprint density at radius 3 is 2.63 bits per heavy atom. The van der Waals surface area contributed by atoms with Crippen LogP contribution in [0.15, 0.2) is 47.6 Å². The summed E-state index contributed by atoms with van der Waals surface area (Å²) in [6.45, 7) is 2.50. The molecule has 1 fully saturated rings. The highest BCUT2D eigenvalue weighted by molar-refractivity contribution is 7.89. The minimum atomic E-state index is -3.52. The summed E-state index contributed by atoms with van der Waals surface area (Å²) in [5.41, 5.74) is 0.754. The molecular weight excluding hydrogens is 370 g/mol. The van der Waals surface area contributed by atoms with E-state index in [1.165, 1.54) is 10.5 Å². The van der Waals surface area contributed by atoms with Gasteiger partial charge in [-0.05, 0) is 29.8 Å². The molecule has 0 bridgehead atoms. The Morgan fingerprint density at radius 2 is 1.89 bits per heavy atom. The summed E-state index contributed by atoms with van der Waals surface area (Å²) < 4.78 is 37.4. The second-order valence-corrected chi connectivity index (χ2v) is 8.46. The zero-order valence-electron chi connectivity index (χ0n) is 14.7. The Kier molecular flexibility index (Phi) is 5.00. The highest BCUT2D eigenvalue weighted by Gasteiger charge is 2.29. The third-order valence-corrected chi connectivity index (χ3v) is 6.70. The van der Waals surface area contributed by atoms with Gasteiger partial charge in [0, 0.05) is 45.1 Å². The van der Waals surface area contributed by atoms with Crippen molar-refractivity contribution in [3.8, 4) is 11.5 Å². The lowest BCUT2D eigenvalue weighted by Gasteiger charge is -2.34. The molecule has 2 aromatic rings. The summed E-state index contributed by atoms with van der Waals surface area (Å²) in [6, 6.07) is 8.57. The number of aromatic nitrogens is 1. The first-order chi connectivity index (χ1) is 13.0. The second kappa shape index (κ2) is 7.43. The monoisotopic (exact) mass is 391 g/mol. The van der Waals surface area contributed by atoms with Gasteiger partial charge in [-0.3, -0.25) is 9.88 Å². The Hall–Kier alpha value is -2.20. The number of β-amino-alcohol motifs (C(OH)–C–C–N with tert-alkyl or cyclic N) is 1. The van der Waals surface area contributed by atoms with Crippen LogP contribution in [0.5, 0.6) is 11.5 Å². The van der Waals surface area contributed by atoms with Gasteiger partial charge >= 0.3 is 0 Å². The first kappa shape index (κ1) is 18.2. The Bertz CT molecular complexity index is 898. The molecule has 1 aromatic heterocycles. The molecule has 0 saturated carbocycles. The number of aliphatic hydroxyl groups excluding tert-OH is 1. The maximum atomic E-state index is 12.6. The van der Waals surface area contributed by atoms with Crippen molar-refractivity contribution in [3.05, 3.63) is 48.3 Å². The van der Waals surface area contributed by atoms with Gasteiger partial charge in [-0.1, -0.05) is 6.07 Å². The first-order valence-electron chi connectivity index (χ1n) is 8.74. The van der Waals surface area contributed by atoms with Crippen molar-refractivity contribution >= 4 is 10.0 Å². The lowest BCUT2D eigenvalue weighted by Crippen LogP contribution is -2.49. The minimum absolute atomic E-state index is 0.197. The molecule has 144 valence electrons. The molecule has 2 aliphatic rings. The van der Waals surface area contributed by atoms with Crippen LogP contribution in [0.1, 0.15) is 11.7 Å². The van der Waals surface area contributed by atoms with Crippen molar-refractivity contribution in [2.75, 3.05) is 39.5 Å². The van der Waals surface area contributed by atoms with E-state index in [2.05, 4.69) is 9.88 Å². The van der Waals surface area contributed by atoms with Crippen LogP contribution >= 0.6 is 0 Å². The van der Waals surface area contributed by atoms with E-state index in [1.54, 1.807) is 30.5 Å². The molecule has 1 atom stereocenters. The van der Waals surface area contributed by atoms with Gasteiger partial charge in [0.2, 0.25) is 16.8 Å². The third-order valence-electron chi connectivity index (χ3n) is 4.82. The molecule has 1 N–H and O–H groups in total. The molecule has 1 saturated heterocycles. The average molecular weight is 391 g/mol. The quantitative estimate of drug-likeness (QED) is 0.808. The van der Waals surface area contributed by atoms with Crippen molar-refractivity contribution in [3.63, 3.8) is 0 Å². The fourth-order valence-corrected chi connectivity index (χ4v) is 4.66. The number of hydrogen-bond acceptors (Lipinski definition) is 7. The molecule has 2 aliphatic heterocycles. The maximum absolute atomic E-state index is 12.6. The van der Waals surface area contributed by atoms with E-state index in [4.69, 9.17) is 9.47 Å². The number of benzene rings is 1. The Labute approximate surface area is 158 Å². The van der Waals surface area contributed by atoms with Gasteiger partial charge in [0.05, 0.1) is 6.10 Å². The molecule has 27 heavy (non-hydrogen) atoms. The van der Waals surface area contributed by atoms with Crippen LogP contribution in [-0.2, 0) is 10.0 Å². The number of sulfonamides is 1. The van der Waals surface area contributed by atoms with Crippen molar-refractivity contribution in [2.45, 2.75) is 11.0 Å². The number of nitrogens with zero attached hydrogens (tertiary/aromatic N) is 3. The first-order valence-corrected chi connectivity index (χ1v) is 10.2. The summed E-state index contributed by atoms with van der Waals surface area (Å²) in [5, 5.41) is 10.5. The van der Waals surface area contributed by atoms with Crippen LogP contribution in [0.3, 0.4) is 0 Å². The van der Waals surface area contributed by atoms with E-state index in [1.807, 2.05) is 6.07 Å². The van der Waals surface area contributed by atoms with E-state index in [0.29, 0.717) is 44.2 Å². The molecule has 1 aromatic carbocycles. The van der Waals surface area contributed by atoms with Crippen LogP contribution < -0.4 is 9.47 Å². The second-order valence-electron chi connectivity index (χ2n) is 6.52. The highest BCUT2D eigenvalue weighted by Crippen LogP contribution is 2.34. The molecule has 8 nitrogen and oxygen atoms in total. The number of hydrogen-bond donors (Lipinski definition) is 1. The predicted octanol–water partition coefficient (Wildman–Crippen LogP) is 0.850. The Balaban J connectivity index is 1.35. The largest absolute Gasteiger partial charge is 0.454 e. The zero-order valence-corrected chi connectivity index (χ0v) is 15.5. The standard InChI is InChI=1S/C18H21N3O5S/c22-16(14-3-4-17-18(10-14)26-13-25-17)12-20-6-8-21(9-7-20)27(23,24)15-2-1-5-19-11-15/h1-5,10-11,16,22H,6-9,12-13H2/t16-/m0/s1. The number of ether oxygens (including phenoxy) is 2. The highest BCUT2D eigenvalue weighted by atomic mass is 32.2. The topological polar surface area (TPSA) is 92.2 Å². The molecule has 0 spiro atoms. The van der Waals surface area contributed by atoms with Gasteiger partial charge in [-0.15, -0.1) is 0 Å². The van der Waals surface area contributed by atoms with Crippen LogP contribution in [0.2, 0.25) is 0 Å². The lowest BCUT2D eigenvalue weighted by molar-refractivity contribution is 0.0919. The van der Waals surface area contributed by atoms with Crippen LogP contribution in [0.25, 0.3) is 0 Å². The van der Waals surface area contributed by atoms with Crippen LogP contribution in [0.4, 0.5) is 0 Å². The molecular formula is C18H21N3O5S. The molecule has 0 unspecified atom stereocenters. The predicted molar refractivity (Wildman–Crippen MR) is 97.0 cm³/mol. The molecule has 9 heteroatoms. The summed E-state index contributed by atoms with van der Waals surface area (Å²) >= 11 is 0. The van der Waals surface area contributed by atoms with Crippen molar-refractivity contribution in [2.24, 2.45) is 0 Å². The smallest absolute Gasteiger partial charge is 0.244 e. The summed E-state index contributed by atoms with van der Waals surface area (Å²) in [6.07, 6.45) is 2.24. The number of fused-ring (bicyclic) bond motifs is 1. The van der Waals surface area contributed by atoms with E-state index < -0.39 is 16.1 Å². The maximum Gasteiger partial charge on any atom is 0.244 e. The average Bonchev–Trinajstić information content (AvgIpc) is 3.17. The SMILES string of the molecule is O=S(=O)(c1cccnc1)N1CCN(C[C@H](O)c2ccc3c(c2)OCO3)CC1. The van der Waals surface area contributed by atoms with Crippen LogP contribution in [-0.4, -0.2) is 67.2 Å². The van der Waals surface area contributed by atoms with Crippen LogP contribution in [0, 0.1) is 0 Å². The van der Waals surface area contributed by atoms with Crippen molar-refractivity contribution in [1.29, 1.82) is 0 Å². The lowest BCUT2D eigenvalue weighted by atomic mass is 10.1. The van der Waals surface area contributed by atoms with E-state index in [0.717, 1.165) is 5.56 Å². The molecule has 3 heterocycles. The number of aliphatic hydroxyl groups is 1. The van der Waals surface area contributed by atoms with E-state index in [-0.39, 0.29) is 11.7 Å². The molecule has 0 amide bonds. The third kappa shape index (κ3) is 3.77. The van der Waals surface area contributed by atoms with Gasteiger partial charge in [0.15, 0.2) is 11.5 Å². The number of rotatable bonds is 5. The van der Waals surface area contributed by atoms with Gasteiger partial charge in [-0.2, -0.15) is 4.31 Å². The molecule has 4 rings (SSSR count). The zero-order chi connectivity index (χ0) is 18.9. The minimum Gasteiger partial charge on any atom is -0.454 e. The van der Waals surface area contributed by atoms with Gasteiger partial charge < -0.3 is 14.6 Å². The van der Waals surface area contributed by atoms with Gasteiger partial charge in [0.25, 0.3) is 0 Å². The van der Waals surface area contributed by atoms with Gasteiger partial charge in [-0.25, -0.2) is 8.42 Å². The van der Waals surface area contributed by atoms with Gasteiger partial charge in [0.1, 0.15) is 4.90 Å². The van der Waals surface area contributed by atoms with Crippen molar-refractivity contribution in [1.82, 2.24) is 14.2 Å². The summed E-state index contributed by atoms with van der Waals surface area (Å²) in [5.74, 6) is 1.32. The Morgan fingerprint density at radius 1 is 1.11 bits per heavy atom. The summed E-state index contributed by atoms with van der Waals surface area (Å²) in [4.78, 5) is 6.16. The summed E-state index contributed by atoms with van der Waals surface area (Å²) in [7, 11) is -3.52. The normalized spacial score (nSPS) is 19.1. The molecule has 0 aliphatic carbocycles. The van der Waals surface area contributed by atoms with E-state index in [9.17, 15) is 13.5 Å². The number of piperazine rings is 1.